The van der Waals surface area contributed by atoms with Crippen LogP contribution < -0.4 is 5.32 Å². The van der Waals surface area contributed by atoms with Crippen molar-refractivity contribution in [2.24, 2.45) is 0 Å². The smallest absolute Gasteiger partial charge is 0.240 e. The van der Waals surface area contributed by atoms with Crippen LogP contribution in [-0.4, -0.2) is 41.8 Å². The lowest BCUT2D eigenvalue weighted by Gasteiger charge is -2.40. The van der Waals surface area contributed by atoms with Gasteiger partial charge in [-0.3, -0.25) is 14.5 Å². The number of amides is 1. The highest BCUT2D eigenvalue weighted by Crippen LogP contribution is 2.18. The van der Waals surface area contributed by atoms with E-state index in [1.807, 2.05) is 43.0 Å². The van der Waals surface area contributed by atoms with Crippen molar-refractivity contribution in [3.8, 4) is 0 Å². The Bertz CT molecular complexity index is 506. The Kier molecular flexibility index (Phi) is 4.23. The number of hydrogen-bond donors (Lipinski definition) is 1. The van der Waals surface area contributed by atoms with Crippen LogP contribution in [0.15, 0.2) is 24.3 Å². The monoisotopic (exact) mass is 274 g/mol. The van der Waals surface area contributed by atoms with Gasteiger partial charge in [-0.15, -0.1) is 0 Å². The van der Waals surface area contributed by atoms with E-state index in [0.717, 1.165) is 6.42 Å². The molecule has 1 amide bonds. The third kappa shape index (κ3) is 2.90. The average Bonchev–Trinajstić information content (AvgIpc) is 2.44. The van der Waals surface area contributed by atoms with Gasteiger partial charge in [0.05, 0.1) is 12.1 Å². The maximum atomic E-state index is 12.3. The van der Waals surface area contributed by atoms with Crippen LogP contribution in [-0.2, 0) is 11.2 Å². The second kappa shape index (κ2) is 5.75. The SMILES string of the molecule is CCc1ccc(C(=O)CN2CCNC(=O)C2(C)C)cc1. The van der Waals surface area contributed by atoms with E-state index in [9.17, 15) is 9.59 Å². The first kappa shape index (κ1) is 14.7. The maximum Gasteiger partial charge on any atom is 0.240 e. The zero-order valence-electron chi connectivity index (χ0n) is 12.4. The first-order valence-electron chi connectivity index (χ1n) is 7.10. The molecule has 1 saturated heterocycles. The lowest BCUT2D eigenvalue weighted by Crippen LogP contribution is -2.62. The van der Waals surface area contributed by atoms with Gasteiger partial charge in [0.25, 0.3) is 0 Å². The molecule has 1 fully saturated rings. The number of carbonyl (C=O) groups excluding carboxylic acids is 2. The van der Waals surface area contributed by atoms with Crippen molar-refractivity contribution in [2.75, 3.05) is 19.6 Å². The Balaban J connectivity index is 2.08. The van der Waals surface area contributed by atoms with Crippen molar-refractivity contribution in [3.05, 3.63) is 35.4 Å². The minimum atomic E-state index is -0.628. The van der Waals surface area contributed by atoms with E-state index in [1.54, 1.807) is 0 Å². The van der Waals surface area contributed by atoms with Gasteiger partial charge < -0.3 is 5.32 Å². The Labute approximate surface area is 120 Å². The molecule has 0 atom stereocenters. The first-order chi connectivity index (χ1) is 9.45. The van der Waals surface area contributed by atoms with E-state index >= 15 is 0 Å². The number of Topliss-reactive ketones (excluding diaryl/α,β-unsaturated/α-hetero) is 1. The molecule has 0 spiro atoms. The molecular formula is C16H22N2O2. The Hall–Kier alpha value is -1.68. The average molecular weight is 274 g/mol. The zero-order chi connectivity index (χ0) is 14.8. The largest absolute Gasteiger partial charge is 0.353 e. The topological polar surface area (TPSA) is 49.4 Å². The van der Waals surface area contributed by atoms with Crippen LogP contribution in [0.3, 0.4) is 0 Å². The van der Waals surface area contributed by atoms with Crippen molar-refractivity contribution in [2.45, 2.75) is 32.7 Å². The number of rotatable bonds is 4. The van der Waals surface area contributed by atoms with Crippen LogP contribution >= 0.6 is 0 Å². The molecule has 4 nitrogen and oxygen atoms in total. The number of benzene rings is 1. The fraction of sp³-hybridized carbons (Fsp3) is 0.500. The van der Waals surface area contributed by atoms with Crippen LogP contribution in [0.2, 0.25) is 0 Å². The summed E-state index contributed by atoms with van der Waals surface area (Å²) in [7, 11) is 0. The van der Waals surface area contributed by atoms with Crippen LogP contribution in [0, 0.1) is 0 Å². The quantitative estimate of drug-likeness (QED) is 0.849. The molecule has 20 heavy (non-hydrogen) atoms. The summed E-state index contributed by atoms with van der Waals surface area (Å²) in [5.74, 6) is 0.0494. The molecule has 0 radical (unpaired) electrons. The lowest BCUT2D eigenvalue weighted by molar-refractivity contribution is -0.134. The Morgan fingerprint density at radius 3 is 2.55 bits per heavy atom. The standard InChI is InChI=1S/C16H22N2O2/c1-4-12-5-7-13(8-6-12)14(19)11-18-10-9-17-15(20)16(18,2)3/h5-8H,4,9-11H2,1-3H3,(H,17,20). The predicted octanol–water partition coefficient (Wildman–Crippen LogP) is 1.64. The summed E-state index contributed by atoms with van der Waals surface area (Å²) in [5.41, 5.74) is 1.31. The van der Waals surface area contributed by atoms with E-state index in [-0.39, 0.29) is 18.2 Å². The number of ketones is 1. The number of hydrogen-bond acceptors (Lipinski definition) is 3. The van der Waals surface area contributed by atoms with Crippen LogP contribution in [0.4, 0.5) is 0 Å². The van der Waals surface area contributed by atoms with E-state index in [1.165, 1.54) is 5.56 Å². The molecule has 2 rings (SSSR count). The highest BCUT2D eigenvalue weighted by atomic mass is 16.2. The lowest BCUT2D eigenvalue weighted by atomic mass is 9.97. The second-order valence-corrected chi connectivity index (χ2v) is 5.71. The van der Waals surface area contributed by atoms with E-state index < -0.39 is 5.54 Å². The van der Waals surface area contributed by atoms with Gasteiger partial charge in [-0.25, -0.2) is 0 Å². The third-order valence-electron chi connectivity index (χ3n) is 4.03. The number of aryl methyl sites for hydroxylation is 1. The van der Waals surface area contributed by atoms with Gasteiger partial charge in [0.15, 0.2) is 5.78 Å². The van der Waals surface area contributed by atoms with Gasteiger partial charge in [0.1, 0.15) is 0 Å². The molecule has 1 N–H and O–H groups in total. The minimum Gasteiger partial charge on any atom is -0.353 e. The molecule has 0 saturated carbocycles. The van der Waals surface area contributed by atoms with E-state index in [2.05, 4.69) is 12.2 Å². The Morgan fingerprint density at radius 2 is 1.95 bits per heavy atom. The summed E-state index contributed by atoms with van der Waals surface area (Å²) in [4.78, 5) is 26.1. The maximum absolute atomic E-state index is 12.3. The van der Waals surface area contributed by atoms with Crippen LogP contribution in [0.1, 0.15) is 36.7 Å². The number of nitrogens with zero attached hydrogens (tertiary/aromatic N) is 1. The molecular weight excluding hydrogens is 252 g/mol. The molecule has 0 aliphatic carbocycles. The van der Waals surface area contributed by atoms with Gasteiger partial charge in [0, 0.05) is 18.7 Å². The summed E-state index contributed by atoms with van der Waals surface area (Å²) in [5, 5.41) is 2.84. The number of carbonyl (C=O) groups is 2. The Morgan fingerprint density at radius 1 is 1.30 bits per heavy atom. The molecule has 108 valence electrons. The summed E-state index contributed by atoms with van der Waals surface area (Å²) < 4.78 is 0. The van der Waals surface area contributed by atoms with Crippen molar-refractivity contribution in [1.29, 1.82) is 0 Å². The highest BCUT2D eigenvalue weighted by molar-refractivity contribution is 5.98. The molecule has 1 aliphatic heterocycles. The molecule has 1 aromatic carbocycles. The molecule has 1 aromatic rings. The number of nitrogens with one attached hydrogen (secondary N) is 1. The van der Waals surface area contributed by atoms with Gasteiger partial charge in [0.2, 0.25) is 5.91 Å². The van der Waals surface area contributed by atoms with Crippen molar-refractivity contribution >= 4 is 11.7 Å². The fourth-order valence-corrected chi connectivity index (χ4v) is 2.41. The van der Waals surface area contributed by atoms with Gasteiger partial charge in [-0.05, 0) is 25.8 Å². The molecule has 4 heteroatoms. The first-order valence-corrected chi connectivity index (χ1v) is 7.10. The summed E-state index contributed by atoms with van der Waals surface area (Å²) >= 11 is 0. The molecule has 0 aromatic heterocycles. The summed E-state index contributed by atoms with van der Waals surface area (Å²) in [6.07, 6.45) is 0.966. The zero-order valence-corrected chi connectivity index (χ0v) is 12.4. The molecule has 0 unspecified atom stereocenters. The second-order valence-electron chi connectivity index (χ2n) is 5.71. The summed E-state index contributed by atoms with van der Waals surface area (Å²) in [6, 6.07) is 7.72. The van der Waals surface area contributed by atoms with Crippen LogP contribution in [0.25, 0.3) is 0 Å². The predicted molar refractivity (Wildman–Crippen MR) is 78.8 cm³/mol. The van der Waals surface area contributed by atoms with Crippen molar-refractivity contribution in [1.82, 2.24) is 10.2 Å². The van der Waals surface area contributed by atoms with E-state index in [4.69, 9.17) is 0 Å². The van der Waals surface area contributed by atoms with Gasteiger partial charge in [-0.1, -0.05) is 31.2 Å². The highest BCUT2D eigenvalue weighted by Gasteiger charge is 2.38. The molecule has 1 aliphatic rings. The normalized spacial score (nSPS) is 18.6. The van der Waals surface area contributed by atoms with Gasteiger partial charge in [-0.2, -0.15) is 0 Å². The number of piperazine rings is 1. The minimum absolute atomic E-state index is 0.0159. The molecule has 1 heterocycles. The van der Waals surface area contributed by atoms with Gasteiger partial charge >= 0.3 is 0 Å². The van der Waals surface area contributed by atoms with Crippen molar-refractivity contribution < 1.29 is 9.59 Å². The summed E-state index contributed by atoms with van der Waals surface area (Å²) in [6.45, 7) is 7.39. The third-order valence-corrected chi connectivity index (χ3v) is 4.03. The van der Waals surface area contributed by atoms with Crippen molar-refractivity contribution in [3.63, 3.8) is 0 Å². The van der Waals surface area contributed by atoms with E-state index in [0.29, 0.717) is 18.7 Å². The van der Waals surface area contributed by atoms with Crippen LogP contribution in [0.5, 0.6) is 0 Å². The fourth-order valence-electron chi connectivity index (χ4n) is 2.41. The molecule has 0 bridgehead atoms.